The van der Waals surface area contributed by atoms with Crippen molar-refractivity contribution < 1.29 is 33.4 Å². The van der Waals surface area contributed by atoms with Crippen molar-refractivity contribution in [3.05, 3.63) is 65.7 Å². The molecular formula is C28H36N2O7. The number of benzene rings is 2. The van der Waals surface area contributed by atoms with Crippen LogP contribution in [-0.2, 0) is 36.9 Å². The van der Waals surface area contributed by atoms with Crippen LogP contribution in [0.25, 0.3) is 0 Å². The third kappa shape index (κ3) is 11.2. The average molecular weight is 513 g/mol. The van der Waals surface area contributed by atoms with Gasteiger partial charge in [0.2, 0.25) is 5.91 Å². The van der Waals surface area contributed by atoms with Gasteiger partial charge in [-0.25, -0.2) is 9.59 Å². The molecule has 0 saturated heterocycles. The van der Waals surface area contributed by atoms with Gasteiger partial charge in [0.1, 0.15) is 24.7 Å². The van der Waals surface area contributed by atoms with E-state index in [0.29, 0.717) is 18.6 Å². The Morgan fingerprint density at radius 2 is 1.62 bits per heavy atom. The number of esters is 1. The summed E-state index contributed by atoms with van der Waals surface area (Å²) in [6.07, 6.45) is 1.93. The van der Waals surface area contributed by atoms with Gasteiger partial charge in [0, 0.05) is 0 Å². The van der Waals surface area contributed by atoms with E-state index in [9.17, 15) is 19.2 Å². The molecule has 1 unspecified atom stereocenters. The zero-order valence-electron chi connectivity index (χ0n) is 21.6. The Labute approximate surface area is 217 Å². The predicted molar refractivity (Wildman–Crippen MR) is 138 cm³/mol. The van der Waals surface area contributed by atoms with Crippen LogP contribution in [0, 0.1) is 5.92 Å². The van der Waals surface area contributed by atoms with E-state index in [1.807, 2.05) is 37.3 Å². The van der Waals surface area contributed by atoms with Crippen LogP contribution >= 0.6 is 0 Å². The minimum atomic E-state index is -0.876. The second kappa shape index (κ2) is 16.0. The van der Waals surface area contributed by atoms with Gasteiger partial charge < -0.3 is 29.6 Å². The van der Waals surface area contributed by atoms with Gasteiger partial charge in [-0.15, -0.1) is 0 Å². The first-order valence-corrected chi connectivity index (χ1v) is 12.4. The third-order valence-corrected chi connectivity index (χ3v) is 5.42. The van der Waals surface area contributed by atoms with Crippen LogP contribution in [0.2, 0.25) is 0 Å². The first-order valence-electron chi connectivity index (χ1n) is 12.4. The highest BCUT2D eigenvalue weighted by atomic mass is 16.6. The summed E-state index contributed by atoms with van der Waals surface area (Å²) in [5.74, 6) is -0.661. The van der Waals surface area contributed by atoms with Crippen molar-refractivity contribution in [3.8, 4) is 5.75 Å². The van der Waals surface area contributed by atoms with Crippen molar-refractivity contribution in [1.82, 2.24) is 10.6 Å². The fourth-order valence-electron chi connectivity index (χ4n) is 3.32. The Kier molecular flexibility index (Phi) is 12.7. The van der Waals surface area contributed by atoms with Crippen LogP contribution in [0.15, 0.2) is 54.6 Å². The normalized spacial score (nSPS) is 12.2. The predicted octanol–water partition coefficient (Wildman–Crippen LogP) is 3.59. The quantitative estimate of drug-likeness (QED) is 0.213. The molecule has 0 aliphatic rings. The molecule has 0 aromatic heterocycles. The summed E-state index contributed by atoms with van der Waals surface area (Å²) in [5.41, 5.74) is 1.61. The van der Waals surface area contributed by atoms with Crippen LogP contribution in [0.4, 0.5) is 4.79 Å². The van der Waals surface area contributed by atoms with E-state index in [1.54, 1.807) is 38.1 Å². The summed E-state index contributed by atoms with van der Waals surface area (Å²) in [4.78, 5) is 48.4. The van der Waals surface area contributed by atoms with Crippen LogP contribution in [0.5, 0.6) is 5.75 Å². The standard InChI is InChI=1S/C28H36N2O7/c1-4-5-15-35-25(32)19-36-24-13-11-21(12-14-24)16-23(17-31)29-27(33)26(20(2)3)30-28(34)37-18-22-9-7-6-8-10-22/h6-14,17,20,23,26H,4-5,15-16,18-19H2,1-3H3,(H,29,33)(H,30,34)/t23?,26-/m0/s1. The largest absolute Gasteiger partial charge is 0.482 e. The molecule has 2 atom stereocenters. The van der Waals surface area contributed by atoms with Crippen LogP contribution < -0.4 is 15.4 Å². The first-order chi connectivity index (χ1) is 17.8. The lowest BCUT2D eigenvalue weighted by Gasteiger charge is -2.23. The van der Waals surface area contributed by atoms with Gasteiger partial charge in [-0.05, 0) is 42.0 Å². The summed E-state index contributed by atoms with van der Waals surface area (Å²) >= 11 is 0. The maximum absolute atomic E-state index is 12.8. The molecule has 2 amide bonds. The first kappa shape index (κ1) is 29.4. The molecule has 0 spiro atoms. The number of nitrogens with one attached hydrogen (secondary N) is 2. The zero-order chi connectivity index (χ0) is 27.0. The van der Waals surface area contributed by atoms with Crippen LogP contribution in [0.3, 0.4) is 0 Å². The summed E-state index contributed by atoms with van der Waals surface area (Å²) in [7, 11) is 0. The number of aldehydes is 1. The van der Waals surface area contributed by atoms with Gasteiger partial charge in [-0.1, -0.05) is 69.7 Å². The van der Waals surface area contributed by atoms with Gasteiger partial charge in [0.25, 0.3) is 0 Å². The molecule has 2 N–H and O–H groups in total. The van der Waals surface area contributed by atoms with Crippen molar-refractivity contribution in [2.75, 3.05) is 13.2 Å². The Morgan fingerprint density at radius 1 is 0.919 bits per heavy atom. The summed E-state index contributed by atoms with van der Waals surface area (Å²) in [6.45, 7) is 5.85. The number of rotatable bonds is 15. The smallest absolute Gasteiger partial charge is 0.408 e. The van der Waals surface area contributed by atoms with Crippen LogP contribution in [0.1, 0.15) is 44.7 Å². The Balaban J connectivity index is 1.84. The van der Waals surface area contributed by atoms with Crippen LogP contribution in [-0.4, -0.2) is 49.6 Å². The van der Waals surface area contributed by atoms with E-state index >= 15 is 0 Å². The van der Waals surface area contributed by atoms with E-state index in [-0.39, 0.29) is 25.6 Å². The lowest BCUT2D eigenvalue weighted by Crippen LogP contribution is -2.52. The molecule has 200 valence electrons. The SMILES string of the molecule is CCCCOC(=O)COc1ccc(CC(C=O)NC(=O)[C@@H](NC(=O)OCc2ccccc2)C(C)C)cc1. The molecule has 0 heterocycles. The molecular weight excluding hydrogens is 476 g/mol. The molecule has 37 heavy (non-hydrogen) atoms. The summed E-state index contributed by atoms with van der Waals surface area (Å²) in [6, 6.07) is 14.4. The maximum Gasteiger partial charge on any atom is 0.408 e. The molecule has 9 nitrogen and oxygen atoms in total. The molecule has 0 bridgehead atoms. The number of carbonyl (C=O) groups is 4. The van der Waals surface area contributed by atoms with Crippen molar-refractivity contribution >= 4 is 24.3 Å². The fraction of sp³-hybridized carbons (Fsp3) is 0.429. The van der Waals surface area contributed by atoms with E-state index in [2.05, 4.69) is 10.6 Å². The molecule has 2 rings (SSSR count). The van der Waals surface area contributed by atoms with Gasteiger partial charge in [-0.3, -0.25) is 4.79 Å². The zero-order valence-corrected chi connectivity index (χ0v) is 21.6. The minimum Gasteiger partial charge on any atom is -0.482 e. The van der Waals surface area contributed by atoms with Gasteiger partial charge in [0.15, 0.2) is 6.61 Å². The van der Waals surface area contributed by atoms with Crippen molar-refractivity contribution in [2.24, 2.45) is 5.92 Å². The second-order valence-electron chi connectivity index (χ2n) is 8.89. The number of hydrogen-bond acceptors (Lipinski definition) is 7. The third-order valence-electron chi connectivity index (χ3n) is 5.42. The number of carbonyl (C=O) groups excluding carboxylic acids is 4. The van der Waals surface area contributed by atoms with E-state index < -0.39 is 30.1 Å². The summed E-state index contributed by atoms with van der Waals surface area (Å²) in [5, 5.41) is 5.27. The van der Waals surface area contributed by atoms with E-state index in [1.165, 1.54) is 0 Å². The number of hydrogen-bond donors (Lipinski definition) is 2. The highest BCUT2D eigenvalue weighted by Gasteiger charge is 2.26. The van der Waals surface area contributed by atoms with Gasteiger partial charge in [-0.2, -0.15) is 0 Å². The molecule has 0 aliphatic carbocycles. The monoisotopic (exact) mass is 512 g/mol. The Bertz CT molecular complexity index is 993. The molecule has 0 fully saturated rings. The average Bonchev–Trinajstić information content (AvgIpc) is 2.90. The lowest BCUT2D eigenvalue weighted by atomic mass is 10.0. The molecule has 2 aromatic rings. The topological polar surface area (TPSA) is 120 Å². The van der Waals surface area contributed by atoms with Gasteiger partial charge >= 0.3 is 12.1 Å². The Morgan fingerprint density at radius 3 is 2.24 bits per heavy atom. The van der Waals surface area contributed by atoms with Crippen molar-refractivity contribution in [1.29, 1.82) is 0 Å². The van der Waals surface area contributed by atoms with Gasteiger partial charge in [0.05, 0.1) is 12.6 Å². The molecule has 9 heteroatoms. The highest BCUT2D eigenvalue weighted by Crippen LogP contribution is 2.14. The van der Waals surface area contributed by atoms with Crippen molar-refractivity contribution in [3.63, 3.8) is 0 Å². The molecule has 0 saturated carbocycles. The number of amides is 2. The minimum absolute atomic E-state index is 0.0792. The number of ether oxygens (including phenoxy) is 3. The lowest BCUT2D eigenvalue weighted by molar-refractivity contribution is -0.146. The van der Waals surface area contributed by atoms with E-state index in [4.69, 9.17) is 14.2 Å². The molecule has 0 radical (unpaired) electrons. The Hall–Kier alpha value is -3.88. The fourth-order valence-corrected chi connectivity index (χ4v) is 3.32. The van der Waals surface area contributed by atoms with E-state index in [0.717, 1.165) is 24.0 Å². The molecule has 2 aromatic carbocycles. The number of unbranched alkanes of at least 4 members (excludes halogenated alkanes) is 1. The highest BCUT2D eigenvalue weighted by molar-refractivity contribution is 5.87. The van der Waals surface area contributed by atoms with Crippen molar-refractivity contribution in [2.45, 2.75) is 58.7 Å². The maximum atomic E-state index is 12.8. The molecule has 0 aliphatic heterocycles. The number of alkyl carbamates (subject to hydrolysis) is 1. The second-order valence-corrected chi connectivity index (χ2v) is 8.89. The summed E-state index contributed by atoms with van der Waals surface area (Å²) < 4.78 is 15.7.